The van der Waals surface area contributed by atoms with E-state index in [2.05, 4.69) is 20.2 Å². The van der Waals surface area contributed by atoms with Crippen molar-refractivity contribution in [1.82, 2.24) is 20.2 Å². The summed E-state index contributed by atoms with van der Waals surface area (Å²) in [6.45, 7) is 7.69. The smallest absolute Gasteiger partial charge is 0.186 e. The van der Waals surface area contributed by atoms with Crippen LogP contribution in [0.3, 0.4) is 0 Å². The van der Waals surface area contributed by atoms with E-state index < -0.39 is 0 Å². The van der Waals surface area contributed by atoms with Crippen LogP contribution in [0.25, 0.3) is 0 Å². The van der Waals surface area contributed by atoms with Crippen molar-refractivity contribution in [3.63, 3.8) is 0 Å². The standard InChI is InChI=1S/C12H18FN5/c1-9-11(13)12(16-8-15-9)18-6-10(7-18)17-4-2-14-3-5-17/h8,10,14H,2-7H2,1H3. The third-order valence-corrected chi connectivity index (χ3v) is 3.78. The Balaban J connectivity index is 1.63. The first-order valence-corrected chi connectivity index (χ1v) is 6.42. The van der Waals surface area contributed by atoms with E-state index in [-0.39, 0.29) is 5.82 Å². The zero-order valence-electron chi connectivity index (χ0n) is 10.6. The van der Waals surface area contributed by atoms with Crippen molar-refractivity contribution in [2.75, 3.05) is 44.2 Å². The number of rotatable bonds is 2. The van der Waals surface area contributed by atoms with Gasteiger partial charge in [0.05, 0.1) is 5.69 Å². The maximum Gasteiger partial charge on any atom is 0.186 e. The molecule has 0 aromatic carbocycles. The fourth-order valence-corrected chi connectivity index (χ4v) is 2.57. The molecule has 3 heterocycles. The van der Waals surface area contributed by atoms with E-state index >= 15 is 0 Å². The SMILES string of the molecule is Cc1ncnc(N2CC(N3CCNCC3)C2)c1F. The summed E-state index contributed by atoms with van der Waals surface area (Å²) in [6, 6.07) is 0.543. The molecule has 0 aliphatic carbocycles. The van der Waals surface area contributed by atoms with E-state index in [1.807, 2.05) is 4.90 Å². The molecule has 1 N–H and O–H groups in total. The Morgan fingerprint density at radius 3 is 2.72 bits per heavy atom. The lowest BCUT2D eigenvalue weighted by Gasteiger charge is -2.47. The zero-order chi connectivity index (χ0) is 12.5. The Morgan fingerprint density at radius 1 is 1.28 bits per heavy atom. The monoisotopic (exact) mass is 251 g/mol. The van der Waals surface area contributed by atoms with Crippen molar-refractivity contribution in [3.05, 3.63) is 17.8 Å². The van der Waals surface area contributed by atoms with Crippen LogP contribution in [0, 0.1) is 12.7 Å². The summed E-state index contributed by atoms with van der Waals surface area (Å²) in [6.07, 6.45) is 1.44. The number of halogens is 1. The van der Waals surface area contributed by atoms with Gasteiger partial charge in [-0.25, -0.2) is 14.4 Å². The second-order valence-electron chi connectivity index (χ2n) is 4.94. The van der Waals surface area contributed by atoms with Gasteiger partial charge < -0.3 is 10.2 Å². The number of hydrogen-bond donors (Lipinski definition) is 1. The van der Waals surface area contributed by atoms with Gasteiger partial charge in [-0.15, -0.1) is 0 Å². The highest BCUT2D eigenvalue weighted by Gasteiger charge is 2.34. The van der Waals surface area contributed by atoms with Gasteiger partial charge in [-0.3, -0.25) is 4.90 Å². The first-order valence-electron chi connectivity index (χ1n) is 6.42. The van der Waals surface area contributed by atoms with E-state index in [4.69, 9.17) is 0 Å². The van der Waals surface area contributed by atoms with Gasteiger partial charge in [-0.2, -0.15) is 0 Å². The Morgan fingerprint density at radius 2 is 2.00 bits per heavy atom. The molecule has 2 saturated heterocycles. The molecule has 18 heavy (non-hydrogen) atoms. The highest BCUT2D eigenvalue weighted by Crippen LogP contribution is 2.25. The van der Waals surface area contributed by atoms with Crippen LogP contribution in [0.2, 0.25) is 0 Å². The number of piperazine rings is 1. The Bertz CT molecular complexity index is 426. The second kappa shape index (κ2) is 4.78. The molecule has 0 unspecified atom stereocenters. The predicted octanol–water partition coefficient (Wildman–Crippen LogP) is 0.0179. The molecule has 0 bridgehead atoms. The maximum atomic E-state index is 13.9. The molecule has 0 saturated carbocycles. The predicted molar refractivity (Wildman–Crippen MR) is 67.2 cm³/mol. The molecule has 2 fully saturated rings. The number of aromatic nitrogens is 2. The number of nitrogens with one attached hydrogen (secondary N) is 1. The van der Waals surface area contributed by atoms with Gasteiger partial charge in [0.1, 0.15) is 6.33 Å². The van der Waals surface area contributed by atoms with Gasteiger partial charge in [-0.1, -0.05) is 0 Å². The molecule has 0 radical (unpaired) electrons. The molecule has 2 aliphatic rings. The Hall–Kier alpha value is -1.27. The van der Waals surface area contributed by atoms with Crippen molar-refractivity contribution in [2.24, 2.45) is 0 Å². The first-order chi connectivity index (χ1) is 8.75. The largest absolute Gasteiger partial charge is 0.351 e. The summed E-state index contributed by atoms with van der Waals surface area (Å²) in [5.74, 6) is 0.171. The average Bonchev–Trinajstić information content (AvgIpc) is 2.34. The minimum Gasteiger partial charge on any atom is -0.351 e. The average molecular weight is 251 g/mol. The van der Waals surface area contributed by atoms with Crippen molar-refractivity contribution >= 4 is 5.82 Å². The summed E-state index contributed by atoms with van der Waals surface area (Å²) < 4.78 is 13.9. The number of nitrogens with zero attached hydrogens (tertiary/aromatic N) is 4. The minimum atomic E-state index is -0.281. The van der Waals surface area contributed by atoms with Crippen molar-refractivity contribution in [3.8, 4) is 0 Å². The molecule has 6 heteroatoms. The normalized spacial score (nSPS) is 22.0. The summed E-state index contributed by atoms with van der Waals surface area (Å²) in [7, 11) is 0. The molecule has 2 aliphatic heterocycles. The molecule has 0 atom stereocenters. The van der Waals surface area contributed by atoms with Crippen LogP contribution in [-0.4, -0.2) is 60.2 Å². The third-order valence-electron chi connectivity index (χ3n) is 3.78. The van der Waals surface area contributed by atoms with Crippen molar-refractivity contribution in [1.29, 1.82) is 0 Å². The topological polar surface area (TPSA) is 44.3 Å². The van der Waals surface area contributed by atoms with E-state index in [1.54, 1.807) is 6.92 Å². The van der Waals surface area contributed by atoms with Crippen LogP contribution >= 0.6 is 0 Å². The second-order valence-corrected chi connectivity index (χ2v) is 4.94. The van der Waals surface area contributed by atoms with Crippen LogP contribution in [0.5, 0.6) is 0 Å². The number of anilines is 1. The van der Waals surface area contributed by atoms with Gasteiger partial charge in [-0.05, 0) is 6.92 Å². The summed E-state index contributed by atoms with van der Waals surface area (Å²) in [4.78, 5) is 12.4. The van der Waals surface area contributed by atoms with Crippen molar-refractivity contribution in [2.45, 2.75) is 13.0 Å². The summed E-state index contributed by atoms with van der Waals surface area (Å²) in [5, 5.41) is 3.34. The molecule has 3 rings (SSSR count). The fourth-order valence-electron chi connectivity index (χ4n) is 2.57. The molecule has 1 aromatic heterocycles. The van der Waals surface area contributed by atoms with Crippen molar-refractivity contribution < 1.29 is 4.39 Å². The Kier molecular flexibility index (Phi) is 3.13. The Labute approximate surface area is 106 Å². The number of aryl methyl sites for hydroxylation is 1. The molecule has 5 nitrogen and oxygen atoms in total. The lowest BCUT2D eigenvalue weighted by molar-refractivity contribution is 0.146. The van der Waals surface area contributed by atoms with Gasteiger partial charge in [0.15, 0.2) is 11.6 Å². The molecule has 1 aromatic rings. The van der Waals surface area contributed by atoms with E-state index in [0.717, 1.165) is 39.3 Å². The van der Waals surface area contributed by atoms with E-state index in [9.17, 15) is 4.39 Å². The lowest BCUT2D eigenvalue weighted by atomic mass is 10.1. The highest BCUT2D eigenvalue weighted by molar-refractivity contribution is 5.44. The van der Waals surface area contributed by atoms with Crippen LogP contribution in [-0.2, 0) is 0 Å². The lowest BCUT2D eigenvalue weighted by Crippen LogP contribution is -2.63. The maximum absolute atomic E-state index is 13.9. The molecule has 98 valence electrons. The minimum absolute atomic E-state index is 0.281. The van der Waals surface area contributed by atoms with E-state index in [1.165, 1.54) is 6.33 Å². The summed E-state index contributed by atoms with van der Waals surface area (Å²) in [5.41, 5.74) is 0.422. The number of hydrogen-bond acceptors (Lipinski definition) is 5. The van der Waals surface area contributed by atoms with Crippen LogP contribution in [0.1, 0.15) is 5.69 Å². The van der Waals surface area contributed by atoms with Gasteiger partial charge in [0.25, 0.3) is 0 Å². The van der Waals surface area contributed by atoms with Crippen LogP contribution in [0.4, 0.5) is 10.2 Å². The van der Waals surface area contributed by atoms with Crippen LogP contribution in [0.15, 0.2) is 6.33 Å². The molecule has 0 amide bonds. The molecular formula is C12H18FN5. The van der Waals surface area contributed by atoms with Crippen LogP contribution < -0.4 is 10.2 Å². The zero-order valence-corrected chi connectivity index (χ0v) is 10.6. The molecular weight excluding hydrogens is 233 g/mol. The van der Waals surface area contributed by atoms with Gasteiger partial charge in [0.2, 0.25) is 0 Å². The van der Waals surface area contributed by atoms with E-state index in [0.29, 0.717) is 17.6 Å². The summed E-state index contributed by atoms with van der Waals surface area (Å²) >= 11 is 0. The van der Waals surface area contributed by atoms with Gasteiger partial charge in [0, 0.05) is 45.3 Å². The highest BCUT2D eigenvalue weighted by atomic mass is 19.1. The fraction of sp³-hybridized carbons (Fsp3) is 0.667. The first kappa shape index (κ1) is 11.8. The third kappa shape index (κ3) is 2.06. The molecule has 0 spiro atoms. The quantitative estimate of drug-likeness (QED) is 0.802. The van der Waals surface area contributed by atoms with Gasteiger partial charge >= 0.3 is 0 Å².